The average Bonchev–Trinajstić information content (AvgIpc) is 2.27. The minimum atomic E-state index is -3.02. The van der Waals surface area contributed by atoms with E-state index in [1.54, 1.807) is 18.7 Å². The summed E-state index contributed by atoms with van der Waals surface area (Å²) >= 11 is 1.73. The van der Waals surface area contributed by atoms with E-state index in [0.717, 1.165) is 18.8 Å². The second-order valence-corrected chi connectivity index (χ2v) is 10.2. The second-order valence-electron chi connectivity index (χ2n) is 6.56. The fourth-order valence-corrected chi connectivity index (χ4v) is 5.11. The van der Waals surface area contributed by atoms with Crippen LogP contribution in [0.2, 0.25) is 0 Å². The van der Waals surface area contributed by atoms with Crippen molar-refractivity contribution in [3.8, 4) is 0 Å². The van der Waals surface area contributed by atoms with E-state index >= 15 is 0 Å². The van der Waals surface area contributed by atoms with Crippen LogP contribution < -0.4 is 5.73 Å². The summed E-state index contributed by atoms with van der Waals surface area (Å²) in [4.78, 5) is 2.12. The zero-order chi connectivity index (χ0) is 14.9. The lowest BCUT2D eigenvalue weighted by Gasteiger charge is -2.45. The van der Waals surface area contributed by atoms with Crippen molar-refractivity contribution in [3.63, 3.8) is 0 Å². The molecule has 0 aromatic rings. The Morgan fingerprint density at radius 3 is 2.37 bits per heavy atom. The topological polar surface area (TPSA) is 63.4 Å². The first-order valence-electron chi connectivity index (χ1n) is 6.83. The number of sulfone groups is 1. The molecule has 2 N–H and O–H groups in total. The Hall–Kier alpha value is 0.220. The smallest absolute Gasteiger partial charge is 0.166 e. The molecule has 0 bridgehead atoms. The molecule has 1 heterocycles. The van der Waals surface area contributed by atoms with Gasteiger partial charge in [-0.25, -0.2) is 8.42 Å². The molecule has 1 atom stereocenters. The predicted octanol–water partition coefficient (Wildman–Crippen LogP) is 1.56. The molecule has 1 fully saturated rings. The molecular weight excluding hydrogens is 280 g/mol. The van der Waals surface area contributed by atoms with E-state index in [0.29, 0.717) is 5.75 Å². The summed E-state index contributed by atoms with van der Waals surface area (Å²) in [5.74, 6) is 1.88. The van der Waals surface area contributed by atoms with E-state index in [-0.39, 0.29) is 22.1 Å². The molecule has 0 aromatic carbocycles. The van der Waals surface area contributed by atoms with Gasteiger partial charge < -0.3 is 5.73 Å². The minimum absolute atomic E-state index is 0.128. The van der Waals surface area contributed by atoms with Crippen LogP contribution in [0.5, 0.6) is 0 Å². The highest BCUT2D eigenvalue weighted by Crippen LogP contribution is 2.32. The first kappa shape index (κ1) is 17.3. The minimum Gasteiger partial charge on any atom is -0.325 e. The van der Waals surface area contributed by atoms with Crippen molar-refractivity contribution < 1.29 is 8.42 Å². The molecule has 0 spiro atoms. The largest absolute Gasteiger partial charge is 0.325 e. The van der Waals surface area contributed by atoms with Gasteiger partial charge in [0.1, 0.15) is 5.37 Å². The Kier molecular flexibility index (Phi) is 5.38. The summed E-state index contributed by atoms with van der Waals surface area (Å²) in [6, 6.07) is 0. The third-order valence-corrected chi connectivity index (χ3v) is 7.68. The standard InChI is InChI=1S/C13H28N2O2S2/c1-6-19(16,17)11-9-18-8-7-15(11)10-12(2,3)13(4,5)14/h11H,6-10,14H2,1-5H3. The molecule has 6 heteroatoms. The van der Waals surface area contributed by atoms with E-state index in [1.807, 2.05) is 13.8 Å². The molecule has 0 aromatic heterocycles. The van der Waals surface area contributed by atoms with Crippen molar-refractivity contribution >= 4 is 21.6 Å². The molecule has 1 aliphatic rings. The van der Waals surface area contributed by atoms with Gasteiger partial charge in [0.2, 0.25) is 0 Å². The number of nitrogens with zero attached hydrogens (tertiary/aromatic N) is 1. The molecule has 1 saturated heterocycles. The van der Waals surface area contributed by atoms with Gasteiger partial charge in [0, 0.05) is 35.9 Å². The lowest BCUT2D eigenvalue weighted by molar-refractivity contribution is 0.111. The van der Waals surface area contributed by atoms with E-state index < -0.39 is 9.84 Å². The Labute approximate surface area is 122 Å². The first-order valence-corrected chi connectivity index (χ1v) is 9.70. The van der Waals surface area contributed by atoms with E-state index in [2.05, 4.69) is 18.7 Å². The van der Waals surface area contributed by atoms with Crippen LogP contribution in [0, 0.1) is 5.41 Å². The lowest BCUT2D eigenvalue weighted by atomic mass is 9.75. The third kappa shape index (κ3) is 4.09. The number of nitrogens with two attached hydrogens (primary N) is 1. The van der Waals surface area contributed by atoms with E-state index in [9.17, 15) is 8.42 Å². The van der Waals surface area contributed by atoms with Crippen molar-refractivity contribution in [2.45, 2.75) is 45.5 Å². The van der Waals surface area contributed by atoms with Crippen molar-refractivity contribution in [1.82, 2.24) is 4.90 Å². The normalized spacial score (nSPS) is 23.6. The Morgan fingerprint density at radius 1 is 1.32 bits per heavy atom. The van der Waals surface area contributed by atoms with E-state index in [4.69, 9.17) is 5.73 Å². The molecule has 114 valence electrons. The molecule has 0 aliphatic carbocycles. The fraction of sp³-hybridized carbons (Fsp3) is 1.00. The predicted molar refractivity (Wildman–Crippen MR) is 84.2 cm³/mol. The first-order chi connectivity index (χ1) is 8.51. The monoisotopic (exact) mass is 308 g/mol. The summed E-state index contributed by atoms with van der Waals surface area (Å²) in [7, 11) is -3.02. The van der Waals surface area contributed by atoms with Gasteiger partial charge in [-0.05, 0) is 19.3 Å². The maximum atomic E-state index is 12.2. The number of rotatable bonds is 5. The highest BCUT2D eigenvalue weighted by atomic mass is 32.2. The van der Waals surface area contributed by atoms with Gasteiger partial charge in [0.05, 0.1) is 0 Å². The SMILES string of the molecule is CCS(=O)(=O)C1CSCCN1CC(C)(C)C(C)(C)N. The van der Waals surface area contributed by atoms with Crippen LogP contribution in [0.3, 0.4) is 0 Å². The fourth-order valence-electron chi connectivity index (χ4n) is 2.03. The second kappa shape index (κ2) is 5.92. The maximum Gasteiger partial charge on any atom is 0.166 e. The molecule has 1 aliphatic heterocycles. The Bertz CT molecular complexity index is 399. The summed E-state index contributed by atoms with van der Waals surface area (Å²) in [6.45, 7) is 11.5. The molecule has 19 heavy (non-hydrogen) atoms. The Morgan fingerprint density at radius 2 is 1.89 bits per heavy atom. The maximum absolute atomic E-state index is 12.2. The summed E-state index contributed by atoms with van der Waals surface area (Å²) in [5, 5.41) is -0.349. The van der Waals surface area contributed by atoms with Gasteiger partial charge in [-0.1, -0.05) is 20.8 Å². The lowest BCUT2D eigenvalue weighted by Crippen LogP contribution is -2.57. The highest BCUT2D eigenvalue weighted by Gasteiger charge is 2.40. The number of thioether (sulfide) groups is 1. The van der Waals surface area contributed by atoms with Gasteiger partial charge in [-0.15, -0.1) is 0 Å². The third-order valence-electron chi connectivity index (χ3n) is 4.35. The van der Waals surface area contributed by atoms with Crippen LogP contribution in [-0.2, 0) is 9.84 Å². The zero-order valence-corrected chi connectivity index (χ0v) is 14.4. The van der Waals surface area contributed by atoms with Crippen LogP contribution in [0.25, 0.3) is 0 Å². The quantitative estimate of drug-likeness (QED) is 0.835. The number of hydrogen-bond donors (Lipinski definition) is 1. The van der Waals surface area contributed by atoms with E-state index in [1.165, 1.54) is 0 Å². The van der Waals surface area contributed by atoms with Crippen molar-refractivity contribution in [2.75, 3.05) is 30.3 Å². The summed E-state index contributed by atoms with van der Waals surface area (Å²) < 4.78 is 24.4. The van der Waals surface area contributed by atoms with Crippen molar-refractivity contribution in [2.24, 2.45) is 11.1 Å². The van der Waals surface area contributed by atoms with Crippen molar-refractivity contribution in [1.29, 1.82) is 0 Å². The molecule has 0 saturated carbocycles. The molecule has 0 radical (unpaired) electrons. The molecule has 0 amide bonds. The molecule has 4 nitrogen and oxygen atoms in total. The van der Waals surface area contributed by atoms with Crippen LogP contribution in [-0.4, -0.2) is 54.6 Å². The van der Waals surface area contributed by atoms with Crippen molar-refractivity contribution in [3.05, 3.63) is 0 Å². The average molecular weight is 309 g/mol. The summed E-state index contributed by atoms with van der Waals surface area (Å²) in [6.07, 6.45) is 0. The zero-order valence-electron chi connectivity index (χ0n) is 12.8. The Balaban J connectivity index is 2.91. The van der Waals surface area contributed by atoms with Gasteiger partial charge in [-0.3, -0.25) is 4.90 Å². The van der Waals surface area contributed by atoms with Crippen LogP contribution >= 0.6 is 11.8 Å². The van der Waals surface area contributed by atoms with Gasteiger partial charge in [-0.2, -0.15) is 11.8 Å². The van der Waals surface area contributed by atoms with Gasteiger partial charge >= 0.3 is 0 Å². The van der Waals surface area contributed by atoms with Crippen LogP contribution in [0.4, 0.5) is 0 Å². The molecule has 1 rings (SSSR count). The molecular formula is C13H28N2O2S2. The van der Waals surface area contributed by atoms with Gasteiger partial charge in [0.25, 0.3) is 0 Å². The van der Waals surface area contributed by atoms with Crippen LogP contribution in [0.1, 0.15) is 34.6 Å². The van der Waals surface area contributed by atoms with Crippen LogP contribution in [0.15, 0.2) is 0 Å². The number of hydrogen-bond acceptors (Lipinski definition) is 5. The highest BCUT2D eigenvalue weighted by molar-refractivity contribution is 8.01. The molecule has 1 unspecified atom stereocenters. The summed E-state index contributed by atoms with van der Waals surface area (Å²) in [5.41, 5.74) is 5.77. The van der Waals surface area contributed by atoms with Gasteiger partial charge in [0.15, 0.2) is 9.84 Å².